The van der Waals surface area contributed by atoms with Crippen LogP contribution in [-0.2, 0) is 10.2 Å². The van der Waals surface area contributed by atoms with Crippen molar-refractivity contribution in [2.75, 3.05) is 20.2 Å². The number of halogens is 2. The van der Waals surface area contributed by atoms with Crippen molar-refractivity contribution in [2.45, 2.75) is 31.3 Å². The number of alkyl halides is 2. The van der Waals surface area contributed by atoms with Gasteiger partial charge in [0.15, 0.2) is 11.5 Å². The van der Waals surface area contributed by atoms with Gasteiger partial charge in [0.25, 0.3) is 5.91 Å². The summed E-state index contributed by atoms with van der Waals surface area (Å²) in [4.78, 5) is 24.5. The smallest absolute Gasteiger partial charge is 0.387 e. The Morgan fingerprint density at radius 2 is 1.80 bits per heavy atom. The molecule has 0 atom stereocenters. The van der Waals surface area contributed by atoms with Crippen molar-refractivity contribution >= 4 is 11.8 Å². The first-order valence-electron chi connectivity index (χ1n) is 9.67. The molecule has 2 amide bonds. The van der Waals surface area contributed by atoms with Crippen LogP contribution in [-0.4, -0.2) is 38.6 Å². The van der Waals surface area contributed by atoms with Gasteiger partial charge >= 0.3 is 6.61 Å². The number of carbonyl (C=O) groups is 2. The number of amides is 2. The average Bonchev–Trinajstić information content (AvgIpc) is 2.72. The number of ether oxygens (including phenoxy) is 2. The van der Waals surface area contributed by atoms with E-state index in [-0.39, 0.29) is 34.9 Å². The minimum Gasteiger partial charge on any atom is -0.493 e. The zero-order valence-electron chi connectivity index (χ0n) is 16.6. The van der Waals surface area contributed by atoms with Gasteiger partial charge < -0.3 is 20.1 Å². The number of methoxy groups -OCH3 is 1. The molecule has 160 valence electrons. The molecule has 3 rings (SSSR count). The van der Waals surface area contributed by atoms with E-state index in [4.69, 9.17) is 4.74 Å². The molecule has 2 aromatic rings. The minimum absolute atomic E-state index is 0.00203. The van der Waals surface area contributed by atoms with Gasteiger partial charge in [-0.2, -0.15) is 8.78 Å². The number of rotatable bonds is 9. The largest absolute Gasteiger partial charge is 0.493 e. The van der Waals surface area contributed by atoms with Crippen LogP contribution in [0, 0.1) is 0 Å². The maximum absolute atomic E-state index is 12.4. The summed E-state index contributed by atoms with van der Waals surface area (Å²) >= 11 is 0. The van der Waals surface area contributed by atoms with Crippen LogP contribution < -0.4 is 20.1 Å². The molecule has 30 heavy (non-hydrogen) atoms. The molecule has 0 heterocycles. The fourth-order valence-corrected chi connectivity index (χ4v) is 3.56. The third-order valence-electron chi connectivity index (χ3n) is 5.37. The van der Waals surface area contributed by atoms with Crippen molar-refractivity contribution in [3.63, 3.8) is 0 Å². The summed E-state index contributed by atoms with van der Waals surface area (Å²) in [6.07, 6.45) is 3.14. The van der Waals surface area contributed by atoms with Gasteiger partial charge in [-0.1, -0.05) is 36.8 Å². The summed E-state index contributed by atoms with van der Waals surface area (Å²) in [6, 6.07) is 13.9. The molecule has 0 aliphatic heterocycles. The summed E-state index contributed by atoms with van der Waals surface area (Å²) in [5.74, 6) is -0.987. The lowest BCUT2D eigenvalue weighted by Gasteiger charge is -2.42. The molecule has 0 spiro atoms. The van der Waals surface area contributed by atoms with Crippen molar-refractivity contribution in [3.05, 3.63) is 59.7 Å². The molecule has 0 bridgehead atoms. The lowest BCUT2D eigenvalue weighted by molar-refractivity contribution is -0.120. The van der Waals surface area contributed by atoms with Crippen LogP contribution in [0.2, 0.25) is 0 Å². The molecule has 2 N–H and O–H groups in total. The van der Waals surface area contributed by atoms with E-state index in [1.54, 1.807) is 0 Å². The molecule has 1 aliphatic rings. The highest BCUT2D eigenvalue weighted by atomic mass is 19.3. The standard InChI is InChI=1S/C22H24F2N2O4/c1-29-18-12-15(8-9-17(18)30-21(23)24)20(28)25-13-19(27)26-14-22(10-5-11-22)16-6-3-2-4-7-16/h2-4,6-9,12,21H,5,10-11,13-14H2,1H3,(H,25,28)(H,26,27). The quantitative estimate of drug-likeness (QED) is 0.655. The van der Waals surface area contributed by atoms with Crippen molar-refractivity contribution in [1.29, 1.82) is 0 Å². The van der Waals surface area contributed by atoms with Gasteiger partial charge in [-0.3, -0.25) is 9.59 Å². The Hall–Kier alpha value is -3.16. The van der Waals surface area contributed by atoms with Crippen LogP contribution >= 0.6 is 0 Å². The van der Waals surface area contributed by atoms with Crippen molar-refractivity contribution < 1.29 is 27.8 Å². The maximum atomic E-state index is 12.4. The zero-order valence-corrected chi connectivity index (χ0v) is 16.6. The third-order valence-corrected chi connectivity index (χ3v) is 5.37. The Bertz CT molecular complexity index is 886. The predicted molar refractivity (Wildman–Crippen MR) is 107 cm³/mol. The van der Waals surface area contributed by atoms with Gasteiger partial charge in [0.1, 0.15) is 0 Å². The second-order valence-electron chi connectivity index (χ2n) is 7.20. The molecule has 0 unspecified atom stereocenters. The zero-order chi connectivity index (χ0) is 21.6. The van der Waals surface area contributed by atoms with Crippen LogP contribution in [0.3, 0.4) is 0 Å². The first kappa shape index (κ1) is 21.5. The fraction of sp³-hybridized carbons (Fsp3) is 0.364. The van der Waals surface area contributed by atoms with Gasteiger partial charge in [0.2, 0.25) is 5.91 Å². The molecule has 8 heteroatoms. The summed E-state index contributed by atoms with van der Waals surface area (Å²) < 4.78 is 34.1. The summed E-state index contributed by atoms with van der Waals surface area (Å²) in [6.45, 7) is -2.68. The van der Waals surface area contributed by atoms with Crippen LogP contribution in [0.5, 0.6) is 11.5 Å². The second kappa shape index (κ2) is 9.56. The van der Waals surface area contributed by atoms with Gasteiger partial charge in [-0.25, -0.2) is 0 Å². The van der Waals surface area contributed by atoms with E-state index in [0.717, 1.165) is 19.3 Å². The Morgan fingerprint density at radius 3 is 2.40 bits per heavy atom. The van der Waals surface area contributed by atoms with Crippen molar-refractivity contribution in [1.82, 2.24) is 10.6 Å². The minimum atomic E-state index is -3.00. The highest BCUT2D eigenvalue weighted by Gasteiger charge is 2.38. The Morgan fingerprint density at radius 1 is 1.07 bits per heavy atom. The van der Waals surface area contributed by atoms with E-state index in [1.165, 1.54) is 30.9 Å². The Kier molecular flexibility index (Phi) is 6.87. The van der Waals surface area contributed by atoms with Gasteiger partial charge in [0.05, 0.1) is 13.7 Å². The van der Waals surface area contributed by atoms with E-state index >= 15 is 0 Å². The number of hydrogen-bond acceptors (Lipinski definition) is 4. The first-order valence-corrected chi connectivity index (χ1v) is 9.67. The number of hydrogen-bond donors (Lipinski definition) is 2. The molecule has 6 nitrogen and oxygen atoms in total. The average molecular weight is 418 g/mol. The maximum Gasteiger partial charge on any atom is 0.387 e. The van der Waals surface area contributed by atoms with E-state index in [1.807, 2.05) is 18.2 Å². The highest BCUT2D eigenvalue weighted by Crippen LogP contribution is 2.43. The monoisotopic (exact) mass is 418 g/mol. The fourth-order valence-electron chi connectivity index (χ4n) is 3.56. The van der Waals surface area contributed by atoms with Crippen LogP contribution in [0.1, 0.15) is 35.2 Å². The van der Waals surface area contributed by atoms with Crippen LogP contribution in [0.4, 0.5) is 8.78 Å². The van der Waals surface area contributed by atoms with E-state index in [0.29, 0.717) is 6.54 Å². The summed E-state index contributed by atoms with van der Waals surface area (Å²) in [5.41, 5.74) is 1.33. The SMILES string of the molecule is COc1cc(C(=O)NCC(=O)NCC2(c3ccccc3)CCC2)ccc1OC(F)F. The lowest BCUT2D eigenvalue weighted by atomic mass is 9.64. The molecule has 0 radical (unpaired) electrons. The lowest BCUT2D eigenvalue weighted by Crippen LogP contribution is -2.47. The molecule has 2 aromatic carbocycles. The normalized spacial score (nSPS) is 14.5. The summed E-state index contributed by atoms with van der Waals surface area (Å²) in [7, 11) is 1.28. The van der Waals surface area contributed by atoms with E-state index in [2.05, 4.69) is 27.5 Å². The van der Waals surface area contributed by atoms with Gasteiger partial charge in [-0.05, 0) is 36.6 Å². The van der Waals surface area contributed by atoms with Crippen molar-refractivity contribution in [2.24, 2.45) is 0 Å². The van der Waals surface area contributed by atoms with Gasteiger partial charge in [-0.15, -0.1) is 0 Å². The van der Waals surface area contributed by atoms with E-state index in [9.17, 15) is 18.4 Å². The number of benzene rings is 2. The first-order chi connectivity index (χ1) is 14.4. The topological polar surface area (TPSA) is 76.7 Å². The Labute approximate surface area is 173 Å². The van der Waals surface area contributed by atoms with Crippen LogP contribution in [0.15, 0.2) is 48.5 Å². The van der Waals surface area contributed by atoms with Gasteiger partial charge in [0, 0.05) is 17.5 Å². The molecular formula is C22H24F2N2O4. The van der Waals surface area contributed by atoms with Crippen LogP contribution in [0.25, 0.3) is 0 Å². The molecule has 1 aliphatic carbocycles. The number of carbonyl (C=O) groups excluding carboxylic acids is 2. The third kappa shape index (κ3) is 5.06. The molecular weight excluding hydrogens is 394 g/mol. The Balaban J connectivity index is 1.53. The number of nitrogens with one attached hydrogen (secondary N) is 2. The van der Waals surface area contributed by atoms with Crippen molar-refractivity contribution in [3.8, 4) is 11.5 Å². The predicted octanol–water partition coefficient (Wildman–Crippen LogP) is 3.26. The molecule has 1 saturated carbocycles. The molecule has 1 fully saturated rings. The summed E-state index contributed by atoms with van der Waals surface area (Å²) in [5, 5.41) is 5.43. The molecule has 0 aromatic heterocycles. The van der Waals surface area contributed by atoms with E-state index < -0.39 is 12.5 Å². The second-order valence-corrected chi connectivity index (χ2v) is 7.20. The highest BCUT2D eigenvalue weighted by molar-refractivity contribution is 5.97. The molecule has 0 saturated heterocycles.